The van der Waals surface area contributed by atoms with E-state index in [-0.39, 0.29) is 0 Å². The van der Waals surface area contributed by atoms with Gasteiger partial charge in [-0.2, -0.15) is 0 Å². The minimum atomic E-state index is -1.70. The summed E-state index contributed by atoms with van der Waals surface area (Å²) in [6.07, 6.45) is 59.8. The molecule has 0 saturated carbocycles. The number of aliphatic hydroxyl groups is 1. The molecule has 0 amide bonds. The molecule has 0 aromatic heterocycles. The molecule has 0 aliphatic rings. The van der Waals surface area contributed by atoms with E-state index in [9.17, 15) is 0 Å². The summed E-state index contributed by atoms with van der Waals surface area (Å²) in [5.74, 6) is 18.4. The zero-order valence-electron chi connectivity index (χ0n) is 53.1. The summed E-state index contributed by atoms with van der Waals surface area (Å²) >= 11 is 0. The highest BCUT2D eigenvalue weighted by Gasteiger charge is 2.41. The molecule has 78 heavy (non-hydrogen) atoms. The maximum atomic E-state index is 8.85. The summed E-state index contributed by atoms with van der Waals surface area (Å²) in [5.41, 5.74) is 11.7. The Morgan fingerprint density at radius 1 is 0.346 bits per heavy atom. The van der Waals surface area contributed by atoms with Crippen molar-refractivity contribution in [1.82, 2.24) is 0 Å². The van der Waals surface area contributed by atoms with Crippen molar-refractivity contribution < 1.29 is 9.84 Å². The minimum absolute atomic E-state index is 0.364. The minimum Gasteiger partial charge on any atom is -0.493 e. The summed E-state index contributed by atoms with van der Waals surface area (Å²) in [4.78, 5) is 0. The molecule has 3 heteroatoms. The number of hydrogen-bond acceptors (Lipinski definition) is 2. The van der Waals surface area contributed by atoms with Crippen LogP contribution >= 0.6 is 0 Å². The molecule has 2 rings (SSSR count). The van der Waals surface area contributed by atoms with Crippen LogP contribution in [0.15, 0.2) is 36.4 Å². The second-order valence-electron chi connectivity index (χ2n) is 25.2. The molecule has 2 nitrogen and oxygen atoms in total. The molecule has 2 aromatic rings. The first-order chi connectivity index (χ1) is 38.1. The van der Waals surface area contributed by atoms with Gasteiger partial charge in [0.05, 0.1) is 6.61 Å². The molecule has 0 unspecified atom stereocenters. The number of ether oxygens (including phenoxy) is 1. The second kappa shape index (κ2) is 49.9. The maximum absolute atomic E-state index is 8.85. The van der Waals surface area contributed by atoms with Gasteiger partial charge in [-0.15, -0.1) is 5.54 Å². The van der Waals surface area contributed by atoms with E-state index >= 15 is 0 Å². The molecule has 0 saturated heterocycles. The van der Waals surface area contributed by atoms with Gasteiger partial charge in [-0.05, 0) is 104 Å². The molecule has 0 aliphatic heterocycles. The molecular formula is C75H126O2Si. The summed E-state index contributed by atoms with van der Waals surface area (Å²) < 4.78 is 6.30. The molecule has 0 aliphatic carbocycles. The van der Waals surface area contributed by atoms with Crippen LogP contribution in [0, 0.1) is 49.0 Å². The Kier molecular flexibility index (Phi) is 45.5. The van der Waals surface area contributed by atoms with E-state index in [1.54, 1.807) is 0 Å². The van der Waals surface area contributed by atoms with Crippen molar-refractivity contribution in [3.8, 4) is 40.9 Å². The first-order valence-corrected chi connectivity index (χ1v) is 36.3. The van der Waals surface area contributed by atoms with Crippen molar-refractivity contribution in [2.24, 2.45) is 0 Å². The van der Waals surface area contributed by atoms with Crippen molar-refractivity contribution in [1.29, 1.82) is 0 Å². The molecule has 0 atom stereocenters. The fourth-order valence-electron chi connectivity index (χ4n) is 12.4. The van der Waals surface area contributed by atoms with Crippen molar-refractivity contribution in [2.45, 2.75) is 355 Å². The Morgan fingerprint density at radius 2 is 0.603 bits per heavy atom. The van der Waals surface area contributed by atoms with Gasteiger partial charge in [0.1, 0.15) is 13.8 Å². The molecule has 2 aromatic carbocycles. The number of aryl methyl sites for hydroxylation is 2. The number of unbranched alkanes of at least 4 members (excludes halogenated alkanes) is 42. The number of aliphatic hydroxyl groups excluding tert-OH is 1. The molecule has 442 valence electrons. The van der Waals surface area contributed by atoms with Gasteiger partial charge < -0.3 is 9.84 Å². The van der Waals surface area contributed by atoms with Crippen LogP contribution in [0.1, 0.15) is 352 Å². The van der Waals surface area contributed by atoms with Crippen molar-refractivity contribution in [2.75, 3.05) is 13.2 Å². The Morgan fingerprint density at radius 3 is 0.897 bits per heavy atom. The highest BCUT2D eigenvalue weighted by Crippen LogP contribution is 2.41. The topological polar surface area (TPSA) is 29.5 Å². The standard InChI is InChI=1S/C75H126O2Si/c1-67(2)78(68(3)4,69(5)6)64-61-73-59-57-72(58-60-73)55-51-47-43-39-35-31-27-23-19-15-12-10-14-18-22-26-30-34-38-42-46-50-54-63-77-75-70(7)65-74(66-71(75)8)56-52-48-44-40-36-32-28-24-20-16-11-9-13-17-21-25-29-33-37-41-45-49-53-62-76/h57-60,65-69,76H,9-50,53-54,62-63H2,1-8H3. The zero-order chi connectivity index (χ0) is 56.4. The van der Waals surface area contributed by atoms with E-state index in [0.29, 0.717) is 23.2 Å². The van der Waals surface area contributed by atoms with Crippen LogP contribution in [0.2, 0.25) is 16.6 Å². The van der Waals surface area contributed by atoms with E-state index in [1.165, 1.54) is 268 Å². The lowest BCUT2D eigenvalue weighted by atomic mass is 10.0. The first kappa shape index (κ1) is 71.2. The lowest BCUT2D eigenvalue weighted by molar-refractivity contribution is 0.282. The van der Waals surface area contributed by atoms with Crippen molar-refractivity contribution in [3.05, 3.63) is 64.2 Å². The fraction of sp³-hybridized carbons (Fsp3) is 0.760. The molecule has 0 radical (unpaired) electrons. The zero-order valence-corrected chi connectivity index (χ0v) is 54.1. The SMILES string of the molecule is Cc1cc(C#CCCCCCCCCCCCCCCCCCCCCCCCO)cc(C)c1OCCCCCCCCCCCCCCCCCCCCCCCC#Cc1ccc(C#C[Si](C(C)C)(C(C)C)C(C)C)cc1. The first-order valence-electron chi connectivity index (χ1n) is 34.1. The molecule has 0 fully saturated rings. The number of hydrogen-bond donors (Lipinski definition) is 1. The van der Waals surface area contributed by atoms with Crippen LogP contribution < -0.4 is 4.74 Å². The fourth-order valence-corrected chi connectivity index (χ4v) is 17.6. The van der Waals surface area contributed by atoms with Gasteiger partial charge in [-0.25, -0.2) is 0 Å². The van der Waals surface area contributed by atoms with Gasteiger partial charge in [-0.1, -0.05) is 315 Å². The van der Waals surface area contributed by atoms with Gasteiger partial charge in [0.15, 0.2) is 0 Å². The van der Waals surface area contributed by atoms with Crippen LogP contribution in [-0.2, 0) is 0 Å². The van der Waals surface area contributed by atoms with Crippen molar-refractivity contribution >= 4 is 8.07 Å². The predicted octanol–water partition coefficient (Wildman–Crippen LogP) is 23.8. The quantitative estimate of drug-likeness (QED) is 0.0406. The molecule has 0 spiro atoms. The smallest absolute Gasteiger partial charge is 0.146 e. The van der Waals surface area contributed by atoms with E-state index in [1.807, 2.05) is 0 Å². The van der Waals surface area contributed by atoms with Crippen LogP contribution in [-0.4, -0.2) is 26.4 Å². The van der Waals surface area contributed by atoms with Crippen LogP contribution in [0.4, 0.5) is 0 Å². The average Bonchev–Trinajstić information content (AvgIpc) is 3.43. The summed E-state index contributed by atoms with van der Waals surface area (Å²) in [6.45, 7) is 19.8. The Hall–Kier alpha value is -2.90. The second-order valence-corrected chi connectivity index (χ2v) is 30.8. The van der Waals surface area contributed by atoms with E-state index in [0.717, 1.165) is 54.7 Å². The van der Waals surface area contributed by atoms with E-state index in [4.69, 9.17) is 9.84 Å². The molecule has 1 N–H and O–H groups in total. The van der Waals surface area contributed by atoms with Crippen LogP contribution in [0.25, 0.3) is 0 Å². The third-order valence-corrected chi connectivity index (χ3v) is 23.5. The Balaban J connectivity index is 1.31. The lowest BCUT2D eigenvalue weighted by Crippen LogP contribution is -2.43. The van der Waals surface area contributed by atoms with Gasteiger partial charge in [-0.3, -0.25) is 0 Å². The normalized spacial score (nSPS) is 11.5. The van der Waals surface area contributed by atoms with E-state index < -0.39 is 8.07 Å². The van der Waals surface area contributed by atoms with Gasteiger partial charge in [0.2, 0.25) is 0 Å². The van der Waals surface area contributed by atoms with Crippen LogP contribution in [0.3, 0.4) is 0 Å². The largest absolute Gasteiger partial charge is 0.493 e. The van der Waals surface area contributed by atoms with E-state index in [2.05, 4.69) is 127 Å². The third kappa shape index (κ3) is 36.5. The Labute approximate surface area is 488 Å². The Bertz CT molecular complexity index is 1840. The van der Waals surface area contributed by atoms with Gasteiger partial charge >= 0.3 is 0 Å². The highest BCUT2D eigenvalue weighted by molar-refractivity contribution is 6.90. The van der Waals surface area contributed by atoms with Gasteiger partial charge in [0, 0.05) is 36.1 Å². The summed E-state index contributed by atoms with van der Waals surface area (Å²) in [7, 11) is -1.70. The summed E-state index contributed by atoms with van der Waals surface area (Å²) in [5, 5.41) is 8.85. The molecule has 0 heterocycles. The number of rotatable bonds is 49. The predicted molar refractivity (Wildman–Crippen MR) is 350 cm³/mol. The van der Waals surface area contributed by atoms with Crippen molar-refractivity contribution in [3.63, 3.8) is 0 Å². The molecular weight excluding hydrogens is 961 g/mol. The van der Waals surface area contributed by atoms with Gasteiger partial charge in [0.25, 0.3) is 0 Å². The molecule has 0 bridgehead atoms. The van der Waals surface area contributed by atoms with Crippen LogP contribution in [0.5, 0.6) is 5.75 Å². The average molecular weight is 1090 g/mol. The maximum Gasteiger partial charge on any atom is 0.146 e. The lowest BCUT2D eigenvalue weighted by Gasteiger charge is -2.38. The number of benzene rings is 2. The summed E-state index contributed by atoms with van der Waals surface area (Å²) in [6, 6.07) is 13.1. The monoisotopic (exact) mass is 1090 g/mol. The third-order valence-electron chi connectivity index (χ3n) is 17.3. The highest BCUT2D eigenvalue weighted by atomic mass is 28.3.